The van der Waals surface area contributed by atoms with Crippen LogP contribution in [0.25, 0.3) is 11.3 Å². The van der Waals surface area contributed by atoms with Crippen molar-refractivity contribution in [3.05, 3.63) is 28.6 Å². The standard InChI is InChI=1S/C13H12N2O2S/c1-7-13(16)15-10-5-9(3-4-12(10)17-7)11-6-18-8(2)14-11/h3-7H,1-2H3,(H,15,16). The molecule has 1 aromatic carbocycles. The fourth-order valence-corrected chi connectivity index (χ4v) is 2.49. The topological polar surface area (TPSA) is 51.2 Å². The van der Waals surface area contributed by atoms with E-state index >= 15 is 0 Å². The van der Waals surface area contributed by atoms with Gasteiger partial charge in [-0.1, -0.05) is 0 Å². The molecule has 0 bridgehead atoms. The second kappa shape index (κ2) is 4.10. The number of nitrogens with zero attached hydrogens (tertiary/aromatic N) is 1. The van der Waals surface area contributed by atoms with Crippen LogP contribution in [0.2, 0.25) is 0 Å². The van der Waals surface area contributed by atoms with Crippen molar-refractivity contribution in [3.8, 4) is 17.0 Å². The Morgan fingerprint density at radius 2 is 2.28 bits per heavy atom. The Morgan fingerprint density at radius 1 is 1.44 bits per heavy atom. The summed E-state index contributed by atoms with van der Waals surface area (Å²) in [6, 6.07) is 5.72. The average molecular weight is 260 g/mol. The van der Waals surface area contributed by atoms with Crippen molar-refractivity contribution in [1.29, 1.82) is 0 Å². The third kappa shape index (κ3) is 1.86. The first-order chi connectivity index (χ1) is 8.63. The summed E-state index contributed by atoms with van der Waals surface area (Å²) in [4.78, 5) is 16.0. The zero-order valence-corrected chi connectivity index (χ0v) is 10.9. The van der Waals surface area contributed by atoms with Crippen LogP contribution in [0.5, 0.6) is 5.75 Å². The minimum absolute atomic E-state index is 0.117. The number of nitrogens with one attached hydrogen (secondary N) is 1. The molecule has 4 nitrogen and oxygen atoms in total. The van der Waals surface area contributed by atoms with Crippen molar-refractivity contribution >= 4 is 22.9 Å². The first kappa shape index (κ1) is 11.2. The van der Waals surface area contributed by atoms with Crippen LogP contribution in [0.1, 0.15) is 11.9 Å². The highest BCUT2D eigenvalue weighted by atomic mass is 32.1. The largest absolute Gasteiger partial charge is 0.479 e. The maximum Gasteiger partial charge on any atom is 0.265 e. The highest BCUT2D eigenvalue weighted by Crippen LogP contribution is 2.34. The quantitative estimate of drug-likeness (QED) is 0.857. The van der Waals surface area contributed by atoms with Gasteiger partial charge >= 0.3 is 0 Å². The molecule has 1 aliphatic rings. The Kier molecular flexibility index (Phi) is 2.56. The monoisotopic (exact) mass is 260 g/mol. The minimum atomic E-state index is -0.440. The maximum absolute atomic E-state index is 11.6. The van der Waals surface area contributed by atoms with E-state index < -0.39 is 6.10 Å². The van der Waals surface area contributed by atoms with Gasteiger partial charge in [0, 0.05) is 10.9 Å². The minimum Gasteiger partial charge on any atom is -0.479 e. The SMILES string of the molecule is Cc1nc(-c2ccc3c(c2)NC(=O)C(C)O3)cs1. The van der Waals surface area contributed by atoms with Gasteiger partial charge in [0.25, 0.3) is 5.91 Å². The molecular formula is C13H12N2O2S. The van der Waals surface area contributed by atoms with Gasteiger partial charge in [-0.15, -0.1) is 11.3 Å². The van der Waals surface area contributed by atoms with Gasteiger partial charge in [0.15, 0.2) is 6.10 Å². The highest BCUT2D eigenvalue weighted by molar-refractivity contribution is 7.09. The Labute approximate surface area is 109 Å². The molecule has 0 aliphatic carbocycles. The van der Waals surface area contributed by atoms with Crippen LogP contribution >= 0.6 is 11.3 Å². The van der Waals surface area contributed by atoms with Crippen LogP contribution in [0.3, 0.4) is 0 Å². The Morgan fingerprint density at radius 3 is 3.00 bits per heavy atom. The summed E-state index contributed by atoms with van der Waals surface area (Å²) in [7, 11) is 0. The molecule has 1 aliphatic heterocycles. The molecule has 1 amide bonds. The number of aryl methyl sites for hydroxylation is 1. The molecule has 3 rings (SSSR count). The number of fused-ring (bicyclic) bond motifs is 1. The van der Waals surface area contributed by atoms with Crippen LogP contribution in [-0.4, -0.2) is 17.0 Å². The molecule has 0 radical (unpaired) electrons. The Bertz CT molecular complexity index is 621. The lowest BCUT2D eigenvalue weighted by atomic mass is 10.1. The maximum atomic E-state index is 11.6. The molecule has 0 spiro atoms. The average Bonchev–Trinajstić information content (AvgIpc) is 2.77. The first-order valence-electron chi connectivity index (χ1n) is 5.67. The number of hydrogen-bond acceptors (Lipinski definition) is 4. The lowest BCUT2D eigenvalue weighted by Crippen LogP contribution is -2.34. The predicted octanol–water partition coefficient (Wildman–Crippen LogP) is 2.84. The number of carbonyl (C=O) groups excluding carboxylic acids is 1. The van der Waals surface area contributed by atoms with Crippen molar-refractivity contribution in [3.63, 3.8) is 0 Å². The third-order valence-corrected chi connectivity index (χ3v) is 3.60. The molecule has 92 valence electrons. The second-order valence-corrected chi connectivity index (χ2v) is 5.27. The van der Waals surface area contributed by atoms with E-state index in [1.165, 1.54) is 0 Å². The van der Waals surface area contributed by atoms with Crippen molar-refractivity contribution < 1.29 is 9.53 Å². The highest BCUT2D eigenvalue weighted by Gasteiger charge is 2.23. The number of aromatic nitrogens is 1. The van der Waals surface area contributed by atoms with Gasteiger partial charge in [-0.05, 0) is 32.0 Å². The van der Waals surface area contributed by atoms with Gasteiger partial charge in [0.1, 0.15) is 5.75 Å². The van der Waals surface area contributed by atoms with Gasteiger partial charge in [-0.3, -0.25) is 4.79 Å². The molecule has 0 saturated heterocycles. The van der Waals surface area contributed by atoms with Crippen LogP contribution in [-0.2, 0) is 4.79 Å². The van der Waals surface area contributed by atoms with E-state index in [2.05, 4.69) is 10.3 Å². The molecule has 0 fully saturated rings. The Hall–Kier alpha value is -1.88. The number of ether oxygens (including phenoxy) is 1. The molecule has 0 saturated carbocycles. The molecule has 1 aromatic heterocycles. The van der Waals surface area contributed by atoms with Gasteiger partial charge in [-0.2, -0.15) is 0 Å². The van der Waals surface area contributed by atoms with Gasteiger partial charge in [0.2, 0.25) is 0 Å². The van der Waals surface area contributed by atoms with Crippen molar-refractivity contribution in [2.75, 3.05) is 5.32 Å². The molecule has 1 atom stereocenters. The number of anilines is 1. The summed E-state index contributed by atoms with van der Waals surface area (Å²) in [5, 5.41) is 5.87. The molecule has 2 aromatic rings. The summed E-state index contributed by atoms with van der Waals surface area (Å²) >= 11 is 1.61. The van der Waals surface area contributed by atoms with E-state index in [0.29, 0.717) is 11.4 Å². The van der Waals surface area contributed by atoms with Gasteiger partial charge < -0.3 is 10.1 Å². The first-order valence-corrected chi connectivity index (χ1v) is 6.55. The van der Waals surface area contributed by atoms with Gasteiger partial charge in [-0.25, -0.2) is 4.98 Å². The van der Waals surface area contributed by atoms with Gasteiger partial charge in [0.05, 0.1) is 16.4 Å². The van der Waals surface area contributed by atoms with Crippen molar-refractivity contribution in [1.82, 2.24) is 4.98 Å². The molecule has 2 heterocycles. The second-order valence-electron chi connectivity index (χ2n) is 4.21. The number of benzene rings is 1. The number of carbonyl (C=O) groups is 1. The molecule has 18 heavy (non-hydrogen) atoms. The normalized spacial score (nSPS) is 17.9. The number of amides is 1. The predicted molar refractivity (Wildman–Crippen MR) is 71.0 cm³/mol. The van der Waals surface area contributed by atoms with Crippen molar-refractivity contribution in [2.45, 2.75) is 20.0 Å². The van der Waals surface area contributed by atoms with E-state index in [0.717, 1.165) is 16.3 Å². The van der Waals surface area contributed by atoms with Crippen LogP contribution in [0.15, 0.2) is 23.6 Å². The molecule has 1 unspecified atom stereocenters. The summed E-state index contributed by atoms with van der Waals surface area (Å²) < 4.78 is 5.51. The summed E-state index contributed by atoms with van der Waals surface area (Å²) in [5.74, 6) is 0.590. The van der Waals surface area contributed by atoms with Crippen LogP contribution < -0.4 is 10.1 Å². The van der Waals surface area contributed by atoms with E-state index in [1.54, 1.807) is 18.3 Å². The zero-order chi connectivity index (χ0) is 12.7. The van der Waals surface area contributed by atoms with Crippen LogP contribution in [0, 0.1) is 6.92 Å². The van der Waals surface area contributed by atoms with E-state index in [-0.39, 0.29) is 5.91 Å². The molecular weight excluding hydrogens is 248 g/mol. The zero-order valence-electron chi connectivity index (χ0n) is 10.1. The van der Waals surface area contributed by atoms with Crippen molar-refractivity contribution in [2.24, 2.45) is 0 Å². The molecule has 5 heteroatoms. The molecule has 1 N–H and O–H groups in total. The van der Waals surface area contributed by atoms with E-state index in [9.17, 15) is 4.79 Å². The lowest BCUT2D eigenvalue weighted by molar-refractivity contribution is -0.122. The lowest BCUT2D eigenvalue weighted by Gasteiger charge is -2.23. The summed E-state index contributed by atoms with van der Waals surface area (Å²) in [5.41, 5.74) is 2.62. The fraction of sp³-hybridized carbons (Fsp3) is 0.231. The number of hydrogen-bond donors (Lipinski definition) is 1. The summed E-state index contributed by atoms with van der Waals surface area (Å²) in [6.07, 6.45) is -0.440. The van der Waals surface area contributed by atoms with Crippen LogP contribution in [0.4, 0.5) is 5.69 Å². The smallest absolute Gasteiger partial charge is 0.265 e. The third-order valence-electron chi connectivity index (χ3n) is 2.83. The summed E-state index contributed by atoms with van der Waals surface area (Å²) in [6.45, 7) is 3.70. The fourth-order valence-electron chi connectivity index (χ4n) is 1.86. The number of thiazole rings is 1. The van der Waals surface area contributed by atoms with E-state index in [1.807, 2.05) is 30.5 Å². The number of rotatable bonds is 1. The Balaban J connectivity index is 2.01. The van der Waals surface area contributed by atoms with E-state index in [4.69, 9.17) is 4.74 Å².